The molecule has 1 aliphatic heterocycles. The van der Waals surface area contributed by atoms with Crippen LogP contribution in [0.2, 0.25) is 0 Å². The molecule has 10 nitrogen and oxygen atoms in total. The maximum Gasteiger partial charge on any atom is 0.323 e. The fourth-order valence-corrected chi connectivity index (χ4v) is 4.43. The number of carbonyl (C=O) groups excluding carboxylic acids is 1. The lowest BCUT2D eigenvalue weighted by Gasteiger charge is -2.27. The molecule has 0 bridgehead atoms. The van der Waals surface area contributed by atoms with Crippen LogP contribution in [-0.2, 0) is 11.8 Å². The van der Waals surface area contributed by atoms with E-state index in [1.807, 2.05) is 37.5 Å². The highest BCUT2D eigenvalue weighted by molar-refractivity contribution is 6.01. The molecule has 11 heteroatoms. The van der Waals surface area contributed by atoms with Crippen molar-refractivity contribution in [2.45, 2.75) is 0 Å². The van der Waals surface area contributed by atoms with Crippen LogP contribution in [0, 0.1) is 5.82 Å². The molecule has 2 amide bonds. The van der Waals surface area contributed by atoms with Crippen molar-refractivity contribution in [1.82, 2.24) is 19.7 Å². The molecule has 3 aromatic heterocycles. The van der Waals surface area contributed by atoms with Crippen molar-refractivity contribution in [2.75, 3.05) is 41.8 Å². The number of hydrogen-bond acceptors (Lipinski definition) is 7. The number of pyridine rings is 2. The fraction of sp³-hybridized carbons (Fsp3) is 0.172. The number of fused-ring (bicyclic) bond motifs is 1. The first kappa shape index (κ1) is 25.3. The molecule has 1 fully saturated rings. The number of hydrogen-bond donors (Lipinski definition) is 2. The summed E-state index contributed by atoms with van der Waals surface area (Å²) in [5, 5.41) is 10.5. The number of benzene rings is 2. The van der Waals surface area contributed by atoms with E-state index in [0.717, 1.165) is 35.4 Å². The van der Waals surface area contributed by atoms with Gasteiger partial charge in [0, 0.05) is 67.0 Å². The predicted molar refractivity (Wildman–Crippen MR) is 150 cm³/mol. The molecule has 5 aromatic rings. The van der Waals surface area contributed by atoms with E-state index in [9.17, 15) is 9.18 Å². The molecule has 4 heterocycles. The Balaban J connectivity index is 1.09. The zero-order valence-corrected chi connectivity index (χ0v) is 21.7. The molecule has 2 aromatic carbocycles. The largest absolute Gasteiger partial charge is 0.454 e. The van der Waals surface area contributed by atoms with Gasteiger partial charge < -0.3 is 25.0 Å². The molecule has 1 saturated heterocycles. The lowest BCUT2D eigenvalue weighted by atomic mass is 10.2. The third-order valence-corrected chi connectivity index (χ3v) is 6.42. The summed E-state index contributed by atoms with van der Waals surface area (Å²) < 4.78 is 27.7. The minimum absolute atomic E-state index is 0.0211. The highest BCUT2D eigenvalue weighted by Crippen LogP contribution is 2.29. The molecule has 0 radical (unpaired) electrons. The van der Waals surface area contributed by atoms with E-state index in [4.69, 9.17) is 14.5 Å². The highest BCUT2D eigenvalue weighted by Gasteiger charge is 2.14. The van der Waals surface area contributed by atoms with Crippen LogP contribution in [0.15, 0.2) is 79.3 Å². The molecule has 0 aliphatic carbocycles. The van der Waals surface area contributed by atoms with Gasteiger partial charge in [-0.15, -0.1) is 0 Å². The van der Waals surface area contributed by atoms with Crippen LogP contribution in [0.3, 0.4) is 0 Å². The van der Waals surface area contributed by atoms with Gasteiger partial charge in [0.2, 0.25) is 0 Å². The number of nitrogens with zero attached hydrogens (tertiary/aromatic N) is 5. The minimum atomic E-state index is -0.620. The normalized spacial score (nSPS) is 13.3. The summed E-state index contributed by atoms with van der Waals surface area (Å²) in [5.74, 6) is 0.730. The second kappa shape index (κ2) is 11.0. The number of carbonyl (C=O) groups is 1. The van der Waals surface area contributed by atoms with Gasteiger partial charge in [-0.05, 0) is 48.5 Å². The Bertz CT molecular complexity index is 1680. The molecule has 40 heavy (non-hydrogen) atoms. The molecule has 0 saturated carbocycles. The lowest BCUT2D eigenvalue weighted by molar-refractivity contribution is 0.122. The van der Waals surface area contributed by atoms with Gasteiger partial charge >= 0.3 is 6.03 Å². The number of anilines is 3. The molecule has 6 rings (SSSR count). The first-order chi connectivity index (χ1) is 19.5. The molecular formula is C29H26FN7O3. The van der Waals surface area contributed by atoms with Gasteiger partial charge in [-0.2, -0.15) is 5.10 Å². The minimum Gasteiger partial charge on any atom is -0.454 e. The molecule has 202 valence electrons. The molecule has 2 N–H and O–H groups in total. The molecular weight excluding hydrogens is 513 g/mol. The Hall–Kier alpha value is -5.03. The summed E-state index contributed by atoms with van der Waals surface area (Å²) in [5.41, 5.74) is 3.18. The van der Waals surface area contributed by atoms with Crippen LogP contribution in [0.4, 0.5) is 26.4 Å². The molecule has 0 atom stereocenters. The number of nitrogens with one attached hydrogen (secondary N) is 2. The maximum atomic E-state index is 14.8. The number of amides is 2. The Kier molecular flexibility index (Phi) is 6.94. The number of morpholine rings is 1. The fourth-order valence-electron chi connectivity index (χ4n) is 4.43. The second-order valence-electron chi connectivity index (χ2n) is 9.28. The topological polar surface area (TPSA) is 106 Å². The van der Waals surface area contributed by atoms with Crippen molar-refractivity contribution in [2.24, 2.45) is 7.05 Å². The third kappa shape index (κ3) is 5.69. The zero-order valence-electron chi connectivity index (χ0n) is 21.7. The zero-order chi connectivity index (χ0) is 27.5. The van der Waals surface area contributed by atoms with E-state index in [2.05, 4.69) is 25.6 Å². The quantitative estimate of drug-likeness (QED) is 0.296. The number of halogens is 1. The van der Waals surface area contributed by atoms with Crippen LogP contribution in [0.1, 0.15) is 0 Å². The van der Waals surface area contributed by atoms with Crippen LogP contribution in [0.25, 0.3) is 22.2 Å². The highest BCUT2D eigenvalue weighted by atomic mass is 19.1. The first-order valence-electron chi connectivity index (χ1n) is 12.7. The predicted octanol–water partition coefficient (Wildman–Crippen LogP) is 5.44. The van der Waals surface area contributed by atoms with Crippen LogP contribution in [0.5, 0.6) is 11.5 Å². The lowest BCUT2D eigenvalue weighted by Crippen LogP contribution is -2.36. The van der Waals surface area contributed by atoms with E-state index in [0.29, 0.717) is 30.3 Å². The SMILES string of the molecule is Cn1cc(-c2cc(Oc3ccc(NC(=O)Nc4ccc5nc(N6CCOCC6)ccc5c4)cc3F)ccn2)cn1. The van der Waals surface area contributed by atoms with E-state index >= 15 is 0 Å². The standard InChI is InChI=1S/C29H26FN7O3/c1-36-18-20(17-32-36)26-16-23(8-9-31-26)40-27-6-4-22(15-24(27)30)34-29(38)33-21-3-5-25-19(14-21)2-7-28(35-25)37-10-12-39-13-11-37/h2-9,14-18H,10-13H2,1H3,(H2,33,34,38). The maximum absolute atomic E-state index is 14.8. The summed E-state index contributed by atoms with van der Waals surface area (Å²) in [6.45, 7) is 3.00. The molecule has 0 spiro atoms. The third-order valence-electron chi connectivity index (χ3n) is 6.42. The van der Waals surface area contributed by atoms with Crippen molar-refractivity contribution < 1.29 is 18.7 Å². The summed E-state index contributed by atoms with van der Waals surface area (Å²) in [7, 11) is 1.82. The molecule has 0 unspecified atom stereocenters. The van der Waals surface area contributed by atoms with Gasteiger partial charge in [-0.25, -0.2) is 14.2 Å². The monoisotopic (exact) mass is 539 g/mol. The number of aromatic nitrogens is 4. The van der Waals surface area contributed by atoms with Gasteiger partial charge in [-0.1, -0.05) is 0 Å². The van der Waals surface area contributed by atoms with Crippen molar-refractivity contribution in [1.29, 1.82) is 0 Å². The van der Waals surface area contributed by atoms with Crippen molar-refractivity contribution in [3.8, 4) is 22.8 Å². The number of ether oxygens (including phenoxy) is 2. The van der Waals surface area contributed by atoms with Gasteiger partial charge in [0.05, 0.1) is 30.6 Å². The number of urea groups is 1. The Labute approximate surface area is 229 Å². The van der Waals surface area contributed by atoms with Crippen molar-refractivity contribution in [3.63, 3.8) is 0 Å². The van der Waals surface area contributed by atoms with E-state index in [-0.39, 0.29) is 11.4 Å². The Morgan fingerprint density at radius 1 is 1.00 bits per heavy atom. The van der Waals surface area contributed by atoms with Crippen LogP contribution >= 0.6 is 0 Å². The van der Waals surface area contributed by atoms with E-state index < -0.39 is 11.8 Å². The summed E-state index contributed by atoms with van der Waals surface area (Å²) in [4.78, 5) is 23.9. The van der Waals surface area contributed by atoms with Gasteiger partial charge in [0.1, 0.15) is 11.6 Å². The summed E-state index contributed by atoms with van der Waals surface area (Å²) in [6.07, 6.45) is 5.10. The Morgan fingerprint density at radius 3 is 2.58 bits per heavy atom. The number of aryl methyl sites for hydroxylation is 1. The van der Waals surface area contributed by atoms with Gasteiger partial charge in [0.25, 0.3) is 0 Å². The van der Waals surface area contributed by atoms with Crippen molar-refractivity contribution >= 4 is 34.1 Å². The van der Waals surface area contributed by atoms with Crippen LogP contribution in [-0.4, -0.2) is 52.1 Å². The average Bonchev–Trinajstić information content (AvgIpc) is 3.41. The van der Waals surface area contributed by atoms with E-state index in [1.54, 1.807) is 41.3 Å². The molecule has 1 aliphatic rings. The smallest absolute Gasteiger partial charge is 0.323 e. The second-order valence-corrected chi connectivity index (χ2v) is 9.28. The average molecular weight is 540 g/mol. The summed E-state index contributed by atoms with van der Waals surface area (Å²) >= 11 is 0. The van der Waals surface area contributed by atoms with Gasteiger partial charge in [-0.3, -0.25) is 9.67 Å². The van der Waals surface area contributed by atoms with Gasteiger partial charge in [0.15, 0.2) is 11.6 Å². The number of rotatable bonds is 6. The summed E-state index contributed by atoms with van der Waals surface area (Å²) in [6, 6.07) is 16.5. The van der Waals surface area contributed by atoms with Crippen LogP contribution < -0.4 is 20.3 Å². The van der Waals surface area contributed by atoms with Crippen molar-refractivity contribution in [3.05, 3.63) is 85.1 Å². The van der Waals surface area contributed by atoms with E-state index in [1.165, 1.54) is 12.1 Å². The first-order valence-corrected chi connectivity index (χ1v) is 12.7. The Morgan fingerprint density at radius 2 is 1.80 bits per heavy atom.